The number of rotatable bonds is 0. The summed E-state index contributed by atoms with van der Waals surface area (Å²) in [5.74, 6) is 0.984. The van der Waals surface area contributed by atoms with Gasteiger partial charge in [-0.2, -0.15) is 9.55 Å². The molecule has 4 heterocycles. The van der Waals surface area contributed by atoms with E-state index < -0.39 is 0 Å². The van der Waals surface area contributed by atoms with Crippen LogP contribution in [0.2, 0.25) is 0 Å². The number of fused-ring (bicyclic) bond motifs is 7. The minimum absolute atomic E-state index is 0.907. The molecule has 0 fully saturated rings. The second-order valence-electron chi connectivity index (χ2n) is 6.49. The fourth-order valence-electron chi connectivity index (χ4n) is 4.07. The van der Waals surface area contributed by atoms with Crippen molar-refractivity contribution in [1.29, 1.82) is 0 Å². The second kappa shape index (κ2) is 4.03. The van der Waals surface area contributed by atoms with Crippen molar-refractivity contribution >= 4 is 28.0 Å². The van der Waals surface area contributed by atoms with Gasteiger partial charge in [0.25, 0.3) is 0 Å². The Labute approximate surface area is 138 Å². The van der Waals surface area contributed by atoms with Crippen LogP contribution in [-0.2, 0) is 6.54 Å². The van der Waals surface area contributed by atoms with E-state index in [2.05, 4.69) is 75.2 Å². The van der Waals surface area contributed by atoms with Crippen LogP contribution >= 0.6 is 0 Å². The minimum atomic E-state index is 0.907. The molecule has 114 valence electrons. The van der Waals surface area contributed by atoms with Crippen molar-refractivity contribution in [3.05, 3.63) is 71.9 Å². The summed E-state index contributed by atoms with van der Waals surface area (Å²) in [7, 11) is 0. The van der Waals surface area contributed by atoms with Gasteiger partial charge in [-0.05, 0) is 42.8 Å². The first-order valence-electron chi connectivity index (χ1n) is 8.22. The average molecular weight is 311 g/mol. The van der Waals surface area contributed by atoms with Crippen LogP contribution in [-0.4, -0.2) is 14.0 Å². The van der Waals surface area contributed by atoms with Crippen molar-refractivity contribution in [3.63, 3.8) is 0 Å². The number of pyridine rings is 1. The van der Waals surface area contributed by atoms with Gasteiger partial charge in [0.2, 0.25) is 0 Å². The number of benzene rings is 2. The molecule has 4 heteroatoms. The third-order valence-corrected chi connectivity index (χ3v) is 5.17. The minimum Gasteiger partial charge on any atom is -0.250 e. The summed E-state index contributed by atoms with van der Waals surface area (Å²) in [4.78, 5) is 4.94. The van der Waals surface area contributed by atoms with Gasteiger partial charge < -0.3 is 0 Å². The summed E-state index contributed by atoms with van der Waals surface area (Å²) in [6, 6.07) is 19.2. The van der Waals surface area contributed by atoms with Crippen LogP contribution < -0.4 is 4.57 Å². The van der Waals surface area contributed by atoms with E-state index in [9.17, 15) is 0 Å². The van der Waals surface area contributed by atoms with E-state index >= 15 is 0 Å². The summed E-state index contributed by atoms with van der Waals surface area (Å²) in [6.07, 6.45) is 2.16. The van der Waals surface area contributed by atoms with E-state index in [0.29, 0.717) is 0 Å². The maximum atomic E-state index is 4.94. The van der Waals surface area contributed by atoms with Gasteiger partial charge in [0, 0.05) is 5.56 Å². The van der Waals surface area contributed by atoms with Crippen LogP contribution in [0.15, 0.2) is 60.8 Å². The van der Waals surface area contributed by atoms with Gasteiger partial charge >= 0.3 is 11.4 Å². The molecule has 0 spiro atoms. The lowest BCUT2D eigenvalue weighted by Crippen LogP contribution is -2.40. The first-order valence-corrected chi connectivity index (χ1v) is 8.22. The van der Waals surface area contributed by atoms with E-state index in [1.807, 2.05) is 6.07 Å². The topological polar surface area (TPSA) is 26.1 Å². The molecule has 1 aliphatic rings. The lowest BCUT2D eigenvalue weighted by Gasteiger charge is -2.15. The maximum absolute atomic E-state index is 4.94. The molecule has 24 heavy (non-hydrogen) atoms. The summed E-state index contributed by atoms with van der Waals surface area (Å²) >= 11 is 0. The van der Waals surface area contributed by atoms with Crippen LogP contribution in [0.1, 0.15) is 11.1 Å². The molecule has 0 atom stereocenters. The Morgan fingerprint density at radius 2 is 1.83 bits per heavy atom. The van der Waals surface area contributed by atoms with Crippen molar-refractivity contribution in [2.24, 2.45) is 0 Å². The van der Waals surface area contributed by atoms with Gasteiger partial charge in [-0.3, -0.25) is 4.40 Å². The lowest BCUT2D eigenvalue weighted by molar-refractivity contribution is -0.666. The van der Waals surface area contributed by atoms with Gasteiger partial charge in [-0.1, -0.05) is 24.3 Å². The van der Waals surface area contributed by atoms with Crippen molar-refractivity contribution < 1.29 is 4.57 Å². The molecule has 5 aromatic rings. The van der Waals surface area contributed by atoms with E-state index in [1.54, 1.807) is 0 Å². The molecule has 0 radical (unpaired) electrons. The second-order valence-corrected chi connectivity index (χ2v) is 6.49. The molecule has 3 aromatic heterocycles. The van der Waals surface area contributed by atoms with Gasteiger partial charge in [0.05, 0.1) is 17.2 Å². The standard InChI is InChI=1S/C20H15N4/c1-13-6-4-9-16-14(13)12-22-11-5-10-18-19(22)24(16)20-21-15-7-2-3-8-17(15)23(18)20/h2-11H,12H2,1H3/q+1. The number of para-hydroxylation sites is 2. The summed E-state index contributed by atoms with van der Waals surface area (Å²) < 4.78 is 6.91. The molecule has 0 N–H and O–H groups in total. The summed E-state index contributed by atoms with van der Waals surface area (Å²) in [5, 5.41) is 0. The fourth-order valence-corrected chi connectivity index (χ4v) is 4.07. The molecule has 1 aliphatic heterocycles. The molecule has 0 unspecified atom stereocenters. The normalized spacial score (nSPS) is 13.0. The average Bonchev–Trinajstić information content (AvgIpc) is 3.13. The van der Waals surface area contributed by atoms with Gasteiger partial charge in [-0.25, -0.2) is 4.57 Å². The number of imidazole rings is 2. The zero-order chi connectivity index (χ0) is 15.8. The Balaban J connectivity index is 1.94. The van der Waals surface area contributed by atoms with Gasteiger partial charge in [-0.15, -0.1) is 0 Å². The van der Waals surface area contributed by atoms with Crippen molar-refractivity contribution in [1.82, 2.24) is 14.0 Å². The zero-order valence-electron chi connectivity index (χ0n) is 13.3. The Kier molecular flexibility index (Phi) is 2.07. The molecule has 0 bridgehead atoms. The van der Waals surface area contributed by atoms with Crippen LogP contribution in [0.5, 0.6) is 0 Å². The molecule has 2 aromatic carbocycles. The van der Waals surface area contributed by atoms with E-state index in [4.69, 9.17) is 4.98 Å². The highest BCUT2D eigenvalue weighted by Crippen LogP contribution is 2.31. The van der Waals surface area contributed by atoms with Crippen LogP contribution in [0.4, 0.5) is 0 Å². The molecular formula is C20H15N4+. The largest absolute Gasteiger partial charge is 0.314 e. The number of hydrogen-bond donors (Lipinski definition) is 0. The number of nitrogens with zero attached hydrogens (tertiary/aromatic N) is 4. The molecule has 4 nitrogen and oxygen atoms in total. The summed E-state index contributed by atoms with van der Waals surface area (Å²) in [6.45, 7) is 3.09. The molecule has 0 aliphatic carbocycles. The van der Waals surface area contributed by atoms with Crippen LogP contribution in [0.25, 0.3) is 33.7 Å². The monoisotopic (exact) mass is 311 g/mol. The highest BCUT2D eigenvalue weighted by molar-refractivity contribution is 5.89. The lowest BCUT2D eigenvalue weighted by atomic mass is 10.0. The molecule has 0 saturated carbocycles. The first kappa shape index (κ1) is 12.3. The van der Waals surface area contributed by atoms with Crippen LogP contribution in [0.3, 0.4) is 0 Å². The van der Waals surface area contributed by atoms with E-state index in [0.717, 1.165) is 23.4 Å². The quantitative estimate of drug-likeness (QED) is 0.395. The fraction of sp³-hybridized carbons (Fsp3) is 0.100. The predicted octanol–water partition coefficient (Wildman–Crippen LogP) is 3.39. The number of aromatic nitrogens is 4. The first-order chi connectivity index (χ1) is 11.8. The Bertz CT molecular complexity index is 1290. The summed E-state index contributed by atoms with van der Waals surface area (Å²) in [5.41, 5.74) is 8.55. The van der Waals surface area contributed by atoms with Crippen molar-refractivity contribution in [3.8, 4) is 5.69 Å². The van der Waals surface area contributed by atoms with Gasteiger partial charge in [0.15, 0.2) is 0 Å². The number of hydrogen-bond acceptors (Lipinski definition) is 1. The van der Waals surface area contributed by atoms with Crippen molar-refractivity contribution in [2.45, 2.75) is 13.5 Å². The van der Waals surface area contributed by atoms with Crippen molar-refractivity contribution in [2.75, 3.05) is 0 Å². The predicted molar refractivity (Wildman–Crippen MR) is 93.6 cm³/mol. The molecule has 6 rings (SSSR count). The Hall–Kier alpha value is -3.14. The zero-order valence-corrected chi connectivity index (χ0v) is 13.3. The highest BCUT2D eigenvalue weighted by atomic mass is 15.3. The van der Waals surface area contributed by atoms with E-state index in [1.165, 1.54) is 28.0 Å². The molecular weight excluding hydrogens is 296 g/mol. The highest BCUT2D eigenvalue weighted by Gasteiger charge is 2.31. The molecule has 0 amide bonds. The SMILES string of the molecule is Cc1cccc2c1C[n+]1cccc3c1n-2c1nc2ccccc2n31. The third-order valence-electron chi connectivity index (χ3n) is 5.17. The smallest absolute Gasteiger partial charge is 0.250 e. The van der Waals surface area contributed by atoms with E-state index in [-0.39, 0.29) is 0 Å². The Morgan fingerprint density at radius 3 is 2.79 bits per heavy atom. The number of aryl methyl sites for hydroxylation is 1. The molecule has 0 saturated heterocycles. The van der Waals surface area contributed by atoms with Gasteiger partial charge in [0.1, 0.15) is 17.7 Å². The Morgan fingerprint density at radius 1 is 0.958 bits per heavy atom. The van der Waals surface area contributed by atoms with Crippen LogP contribution in [0, 0.1) is 6.92 Å². The third kappa shape index (κ3) is 1.31. The maximum Gasteiger partial charge on any atom is 0.314 e.